The van der Waals surface area contributed by atoms with Crippen molar-refractivity contribution in [2.24, 2.45) is 0 Å². The van der Waals surface area contributed by atoms with E-state index in [-0.39, 0.29) is 0 Å². The number of likely N-dealkylation sites (N-methyl/N-ethyl adjacent to an activating group) is 1. The fraction of sp³-hybridized carbons (Fsp3) is 0.615. The molecule has 0 saturated carbocycles. The van der Waals surface area contributed by atoms with Crippen LogP contribution >= 0.6 is 11.8 Å². The van der Waals surface area contributed by atoms with Crippen LogP contribution in [0.15, 0.2) is 21.6 Å². The lowest BCUT2D eigenvalue weighted by atomic mass is 10.2. The molecule has 0 spiro atoms. The minimum absolute atomic E-state index is 0.491. The van der Waals surface area contributed by atoms with Crippen LogP contribution in [0.3, 0.4) is 0 Å². The average Bonchev–Trinajstić information content (AvgIpc) is 2.98. The summed E-state index contributed by atoms with van der Waals surface area (Å²) in [7, 11) is 2.12. The summed E-state index contributed by atoms with van der Waals surface area (Å²) in [6.45, 7) is 2.48. The lowest BCUT2D eigenvalue weighted by Gasteiger charge is -2.25. The summed E-state index contributed by atoms with van der Waals surface area (Å²) in [5, 5.41) is 0.897. The van der Waals surface area contributed by atoms with E-state index in [1.165, 1.54) is 12.8 Å². The zero-order valence-corrected chi connectivity index (χ0v) is 11.8. The van der Waals surface area contributed by atoms with Crippen molar-refractivity contribution in [1.29, 1.82) is 0 Å². The molecule has 100 valence electrons. The van der Waals surface area contributed by atoms with Gasteiger partial charge in [0, 0.05) is 12.6 Å². The first-order valence-corrected chi connectivity index (χ1v) is 7.47. The molecule has 1 aliphatic rings. The van der Waals surface area contributed by atoms with Crippen LogP contribution in [-0.4, -0.2) is 48.6 Å². The number of carbonyl (C=O) groups excluding carboxylic acids is 1. The van der Waals surface area contributed by atoms with Crippen LogP contribution in [0, 0.1) is 0 Å². The fourth-order valence-electron chi connectivity index (χ4n) is 2.38. The lowest BCUT2D eigenvalue weighted by molar-refractivity contribution is -0.119. The summed E-state index contributed by atoms with van der Waals surface area (Å²) in [5.74, 6) is 0.854. The molecule has 1 saturated heterocycles. The Morgan fingerprint density at radius 2 is 2.44 bits per heavy atom. The molecule has 0 bridgehead atoms. The maximum Gasteiger partial charge on any atom is 0.210 e. The maximum absolute atomic E-state index is 11.1. The summed E-state index contributed by atoms with van der Waals surface area (Å²) in [5.41, 5.74) is 0. The first-order valence-electron chi connectivity index (χ1n) is 6.25. The van der Waals surface area contributed by atoms with E-state index in [2.05, 4.69) is 11.9 Å². The van der Waals surface area contributed by atoms with Crippen molar-refractivity contribution in [3.63, 3.8) is 0 Å². The zero-order valence-electron chi connectivity index (χ0n) is 11.0. The topological polar surface area (TPSA) is 36.7 Å². The van der Waals surface area contributed by atoms with Crippen molar-refractivity contribution in [1.82, 2.24) is 9.80 Å². The van der Waals surface area contributed by atoms with E-state index in [0.29, 0.717) is 12.6 Å². The third-order valence-corrected chi connectivity index (χ3v) is 4.08. The second-order valence-corrected chi connectivity index (χ2v) is 5.55. The molecular weight excluding hydrogens is 248 g/mol. The van der Waals surface area contributed by atoms with Gasteiger partial charge in [-0.05, 0) is 44.8 Å². The van der Waals surface area contributed by atoms with Crippen LogP contribution in [-0.2, 0) is 11.3 Å². The molecule has 1 aliphatic heterocycles. The highest BCUT2D eigenvalue weighted by molar-refractivity contribution is 7.98. The van der Waals surface area contributed by atoms with E-state index >= 15 is 0 Å². The van der Waals surface area contributed by atoms with Crippen molar-refractivity contribution in [2.75, 3.05) is 26.4 Å². The molecule has 18 heavy (non-hydrogen) atoms. The highest BCUT2D eigenvalue weighted by Gasteiger charge is 2.23. The molecule has 0 aliphatic carbocycles. The third kappa shape index (κ3) is 3.29. The van der Waals surface area contributed by atoms with Gasteiger partial charge in [-0.25, -0.2) is 0 Å². The second kappa shape index (κ2) is 6.29. The third-order valence-electron chi connectivity index (χ3n) is 3.46. The number of hydrogen-bond acceptors (Lipinski definition) is 4. The van der Waals surface area contributed by atoms with Gasteiger partial charge in [0.2, 0.25) is 6.41 Å². The Kier molecular flexibility index (Phi) is 4.72. The average molecular weight is 268 g/mol. The Morgan fingerprint density at radius 1 is 1.61 bits per heavy atom. The van der Waals surface area contributed by atoms with E-state index in [1.807, 2.05) is 18.4 Å². The van der Waals surface area contributed by atoms with Crippen LogP contribution in [0.1, 0.15) is 18.6 Å². The Bertz CT molecular complexity index is 394. The highest BCUT2D eigenvalue weighted by Crippen LogP contribution is 2.20. The quantitative estimate of drug-likeness (QED) is 0.584. The summed E-state index contributed by atoms with van der Waals surface area (Å²) in [6, 6.07) is 4.39. The van der Waals surface area contributed by atoms with Crippen molar-refractivity contribution < 1.29 is 9.21 Å². The second-order valence-electron chi connectivity index (χ2n) is 4.74. The molecule has 1 atom stereocenters. The molecule has 0 N–H and O–H groups in total. The van der Waals surface area contributed by atoms with Crippen LogP contribution in [0.4, 0.5) is 0 Å². The van der Waals surface area contributed by atoms with Gasteiger partial charge in [0.15, 0.2) is 5.09 Å². The highest BCUT2D eigenvalue weighted by atomic mass is 32.2. The molecule has 4 nitrogen and oxygen atoms in total. The van der Waals surface area contributed by atoms with Crippen LogP contribution < -0.4 is 0 Å². The monoisotopic (exact) mass is 268 g/mol. The van der Waals surface area contributed by atoms with E-state index in [1.54, 1.807) is 16.7 Å². The number of furan rings is 1. The van der Waals surface area contributed by atoms with Crippen LogP contribution in [0.2, 0.25) is 0 Å². The number of rotatable bonds is 6. The predicted molar refractivity (Wildman–Crippen MR) is 72.6 cm³/mol. The Labute approximate surface area is 112 Å². The van der Waals surface area contributed by atoms with Crippen molar-refractivity contribution in [2.45, 2.75) is 30.5 Å². The predicted octanol–water partition coefficient (Wildman–Crippen LogP) is 2.05. The number of carbonyl (C=O) groups is 1. The van der Waals surface area contributed by atoms with Gasteiger partial charge in [-0.2, -0.15) is 0 Å². The zero-order chi connectivity index (χ0) is 13.0. The number of amides is 1. The number of thioether (sulfide) groups is 1. The molecule has 1 aromatic heterocycles. The number of likely N-dealkylation sites (tertiary alicyclic amines) is 1. The molecule has 2 heterocycles. The Morgan fingerprint density at radius 3 is 3.00 bits per heavy atom. The smallest absolute Gasteiger partial charge is 0.210 e. The number of nitrogens with zero attached hydrogens (tertiary/aromatic N) is 2. The first-order chi connectivity index (χ1) is 8.72. The van der Waals surface area contributed by atoms with Gasteiger partial charge in [-0.1, -0.05) is 11.8 Å². The van der Waals surface area contributed by atoms with E-state index in [4.69, 9.17) is 4.42 Å². The normalized spacial score (nSPS) is 20.2. The summed E-state index contributed by atoms with van der Waals surface area (Å²) in [6.07, 6.45) is 5.31. The summed E-state index contributed by atoms with van der Waals surface area (Å²) in [4.78, 5) is 15.3. The van der Waals surface area contributed by atoms with Crippen molar-refractivity contribution in [3.05, 3.63) is 17.9 Å². The molecule has 1 fully saturated rings. The molecular formula is C13H20N2O2S. The fourth-order valence-corrected chi connectivity index (χ4v) is 2.77. The van der Waals surface area contributed by atoms with Gasteiger partial charge in [0.1, 0.15) is 5.76 Å². The molecule has 1 amide bonds. The summed E-state index contributed by atoms with van der Waals surface area (Å²) >= 11 is 1.58. The van der Waals surface area contributed by atoms with Gasteiger partial charge < -0.3 is 14.2 Å². The van der Waals surface area contributed by atoms with E-state index < -0.39 is 0 Å². The van der Waals surface area contributed by atoms with E-state index in [9.17, 15) is 4.79 Å². The lowest BCUT2D eigenvalue weighted by Crippen LogP contribution is -2.37. The van der Waals surface area contributed by atoms with Gasteiger partial charge >= 0.3 is 0 Å². The van der Waals surface area contributed by atoms with Crippen molar-refractivity contribution in [3.8, 4) is 0 Å². The molecule has 1 aromatic rings. The maximum atomic E-state index is 11.1. The van der Waals surface area contributed by atoms with Gasteiger partial charge in [0.05, 0.1) is 6.54 Å². The van der Waals surface area contributed by atoms with Crippen molar-refractivity contribution >= 4 is 18.2 Å². The number of hydrogen-bond donors (Lipinski definition) is 0. The standard InChI is InChI=1S/C13H20N2O2S/c1-14-7-3-4-11(14)8-15(10-16)9-12-5-6-13(17-12)18-2/h5-6,10-11H,3-4,7-9H2,1-2H3. The summed E-state index contributed by atoms with van der Waals surface area (Å²) < 4.78 is 5.61. The molecule has 5 heteroatoms. The molecule has 0 radical (unpaired) electrons. The SMILES string of the molecule is CSc1ccc(CN(C=O)CC2CCCN2C)o1. The molecule has 1 unspecified atom stereocenters. The Balaban J connectivity index is 1.90. The largest absolute Gasteiger partial charge is 0.453 e. The van der Waals surface area contributed by atoms with Crippen LogP contribution in [0.25, 0.3) is 0 Å². The van der Waals surface area contributed by atoms with Gasteiger partial charge in [-0.3, -0.25) is 4.79 Å². The minimum Gasteiger partial charge on any atom is -0.453 e. The van der Waals surface area contributed by atoms with Gasteiger partial charge in [-0.15, -0.1) is 0 Å². The molecule has 0 aromatic carbocycles. The van der Waals surface area contributed by atoms with Crippen LogP contribution in [0.5, 0.6) is 0 Å². The Hall–Kier alpha value is -0.940. The van der Waals surface area contributed by atoms with E-state index in [0.717, 1.165) is 30.4 Å². The van der Waals surface area contributed by atoms with Gasteiger partial charge in [0.25, 0.3) is 0 Å². The first kappa shape index (κ1) is 13.5. The minimum atomic E-state index is 0.491. The molecule has 2 rings (SSSR count).